The molecule has 0 saturated heterocycles. The van der Waals surface area contributed by atoms with E-state index in [1.807, 2.05) is 13.8 Å². The number of ether oxygens (including phenoxy) is 1. The van der Waals surface area contributed by atoms with Crippen molar-refractivity contribution in [2.45, 2.75) is 20.0 Å². The zero-order chi connectivity index (χ0) is 19.3. The molecule has 1 N–H and O–H groups in total. The van der Waals surface area contributed by atoms with Crippen LogP contribution in [-0.4, -0.2) is 24.0 Å². The molecule has 8 heteroatoms. The van der Waals surface area contributed by atoms with E-state index >= 15 is 0 Å². The Hall–Kier alpha value is -2.41. The first kappa shape index (κ1) is 19.9. The van der Waals surface area contributed by atoms with E-state index in [-0.39, 0.29) is 11.8 Å². The fourth-order valence-electron chi connectivity index (χ4n) is 2.28. The van der Waals surface area contributed by atoms with Gasteiger partial charge < -0.3 is 15.0 Å². The third-order valence-corrected chi connectivity index (χ3v) is 3.93. The second-order valence-electron chi connectivity index (χ2n) is 5.37. The number of alkyl halides is 3. The lowest BCUT2D eigenvalue weighted by Gasteiger charge is -2.19. The summed E-state index contributed by atoms with van der Waals surface area (Å²) >= 11 is 5.68. The Kier molecular flexibility index (Phi) is 6.37. The molecule has 140 valence electrons. The van der Waals surface area contributed by atoms with Gasteiger partial charge in [0.2, 0.25) is 0 Å². The van der Waals surface area contributed by atoms with Crippen molar-refractivity contribution < 1.29 is 22.7 Å². The molecular weight excluding hydrogens is 369 g/mol. The van der Waals surface area contributed by atoms with E-state index in [0.717, 1.165) is 12.1 Å². The van der Waals surface area contributed by atoms with E-state index in [1.54, 1.807) is 29.2 Å². The summed E-state index contributed by atoms with van der Waals surface area (Å²) in [6, 6.07) is 9.47. The third kappa shape index (κ3) is 5.05. The van der Waals surface area contributed by atoms with Gasteiger partial charge in [-0.15, -0.1) is 0 Å². The van der Waals surface area contributed by atoms with Crippen molar-refractivity contribution >= 4 is 23.3 Å². The maximum Gasteiger partial charge on any atom is 0.417 e. The maximum absolute atomic E-state index is 12.7. The Labute approximate surface area is 154 Å². The van der Waals surface area contributed by atoms with E-state index in [2.05, 4.69) is 5.32 Å². The Bertz CT molecular complexity index is 777. The van der Waals surface area contributed by atoms with Crippen LogP contribution in [0.5, 0.6) is 11.5 Å². The molecular formula is C18H18ClF3N2O2. The molecule has 0 atom stereocenters. The van der Waals surface area contributed by atoms with Crippen LogP contribution in [0.25, 0.3) is 0 Å². The monoisotopic (exact) mass is 386 g/mol. The van der Waals surface area contributed by atoms with Gasteiger partial charge in [0.05, 0.1) is 10.6 Å². The van der Waals surface area contributed by atoms with Crippen LogP contribution in [0.2, 0.25) is 5.02 Å². The summed E-state index contributed by atoms with van der Waals surface area (Å²) in [6.07, 6.45) is -4.52. The summed E-state index contributed by atoms with van der Waals surface area (Å²) in [6.45, 7) is 4.89. The molecule has 0 aliphatic heterocycles. The van der Waals surface area contributed by atoms with Crippen molar-refractivity contribution in [2.24, 2.45) is 0 Å². The van der Waals surface area contributed by atoms with Crippen LogP contribution in [0.15, 0.2) is 42.5 Å². The van der Waals surface area contributed by atoms with Crippen LogP contribution in [0.4, 0.5) is 23.7 Å². The average molecular weight is 387 g/mol. The van der Waals surface area contributed by atoms with Gasteiger partial charge in [-0.2, -0.15) is 13.2 Å². The third-order valence-electron chi connectivity index (χ3n) is 3.62. The first-order valence-electron chi connectivity index (χ1n) is 7.95. The Morgan fingerprint density at radius 2 is 1.77 bits per heavy atom. The van der Waals surface area contributed by atoms with Crippen LogP contribution in [0, 0.1) is 0 Å². The molecule has 4 nitrogen and oxygen atoms in total. The van der Waals surface area contributed by atoms with Gasteiger partial charge in [0.1, 0.15) is 11.5 Å². The highest BCUT2D eigenvalue weighted by Gasteiger charge is 2.33. The van der Waals surface area contributed by atoms with Gasteiger partial charge in [-0.1, -0.05) is 17.7 Å². The highest BCUT2D eigenvalue weighted by atomic mass is 35.5. The maximum atomic E-state index is 12.7. The molecule has 0 aliphatic rings. The van der Waals surface area contributed by atoms with Gasteiger partial charge in [0, 0.05) is 30.9 Å². The summed E-state index contributed by atoms with van der Waals surface area (Å²) in [5.41, 5.74) is -0.413. The van der Waals surface area contributed by atoms with Gasteiger partial charge in [0.25, 0.3) is 0 Å². The van der Waals surface area contributed by atoms with Gasteiger partial charge in [-0.25, -0.2) is 4.79 Å². The summed E-state index contributed by atoms with van der Waals surface area (Å²) in [5.74, 6) is 0.522. The van der Waals surface area contributed by atoms with Crippen molar-refractivity contribution in [3.8, 4) is 11.5 Å². The molecule has 0 radical (unpaired) electrons. The number of nitrogens with zero attached hydrogens (tertiary/aromatic N) is 1. The lowest BCUT2D eigenvalue weighted by molar-refractivity contribution is -0.137. The van der Waals surface area contributed by atoms with Gasteiger partial charge in [0.15, 0.2) is 0 Å². The Balaban J connectivity index is 2.14. The molecule has 0 spiro atoms. The van der Waals surface area contributed by atoms with E-state index in [0.29, 0.717) is 24.5 Å². The summed E-state index contributed by atoms with van der Waals surface area (Å²) in [7, 11) is 0. The fraction of sp³-hybridized carbons (Fsp3) is 0.278. The molecule has 0 unspecified atom stereocenters. The van der Waals surface area contributed by atoms with Gasteiger partial charge >= 0.3 is 12.2 Å². The standard InChI is InChI=1S/C18H18ClF3N2O2/c1-3-24(4-2)17(25)23-12-6-5-7-13(10-12)26-14-8-9-15(16(19)11-14)18(20,21)22/h5-11H,3-4H2,1-2H3,(H,23,25). The highest BCUT2D eigenvalue weighted by Crippen LogP contribution is 2.37. The first-order valence-corrected chi connectivity index (χ1v) is 8.33. The lowest BCUT2D eigenvalue weighted by Crippen LogP contribution is -2.34. The number of benzene rings is 2. The molecule has 2 amide bonds. The lowest BCUT2D eigenvalue weighted by atomic mass is 10.2. The van der Waals surface area contributed by atoms with E-state index in [1.165, 1.54) is 6.07 Å². The van der Waals surface area contributed by atoms with Crippen LogP contribution >= 0.6 is 11.6 Å². The minimum absolute atomic E-state index is 0.162. The number of amides is 2. The topological polar surface area (TPSA) is 41.6 Å². The molecule has 2 aromatic carbocycles. The number of hydrogen-bond acceptors (Lipinski definition) is 2. The molecule has 2 aromatic rings. The zero-order valence-electron chi connectivity index (χ0n) is 14.2. The molecule has 26 heavy (non-hydrogen) atoms. The van der Waals surface area contributed by atoms with Crippen molar-refractivity contribution in [1.82, 2.24) is 4.90 Å². The van der Waals surface area contributed by atoms with Crippen molar-refractivity contribution in [1.29, 1.82) is 0 Å². The van der Waals surface area contributed by atoms with E-state index in [9.17, 15) is 18.0 Å². The Morgan fingerprint density at radius 1 is 1.12 bits per heavy atom. The van der Waals surface area contributed by atoms with Crippen LogP contribution in [0.3, 0.4) is 0 Å². The number of rotatable bonds is 5. The smallest absolute Gasteiger partial charge is 0.417 e. The number of anilines is 1. The molecule has 0 saturated carbocycles. The van der Waals surface area contributed by atoms with Crippen molar-refractivity contribution in [3.63, 3.8) is 0 Å². The number of nitrogens with one attached hydrogen (secondary N) is 1. The quantitative estimate of drug-likeness (QED) is 0.682. The molecule has 2 rings (SSSR count). The number of urea groups is 1. The van der Waals surface area contributed by atoms with E-state index in [4.69, 9.17) is 16.3 Å². The predicted octanol–water partition coefficient (Wildman–Crippen LogP) is 6.02. The fourth-order valence-corrected chi connectivity index (χ4v) is 2.55. The molecule has 0 bridgehead atoms. The summed E-state index contributed by atoms with van der Waals surface area (Å²) in [5, 5.41) is 2.30. The number of halogens is 4. The number of carbonyl (C=O) groups is 1. The molecule has 0 aliphatic carbocycles. The molecule has 0 heterocycles. The van der Waals surface area contributed by atoms with Crippen LogP contribution < -0.4 is 10.1 Å². The second-order valence-corrected chi connectivity index (χ2v) is 5.78. The number of hydrogen-bond donors (Lipinski definition) is 1. The number of carbonyl (C=O) groups excluding carboxylic acids is 1. The predicted molar refractivity (Wildman–Crippen MR) is 94.9 cm³/mol. The highest BCUT2D eigenvalue weighted by molar-refractivity contribution is 6.31. The normalized spacial score (nSPS) is 11.2. The SMILES string of the molecule is CCN(CC)C(=O)Nc1cccc(Oc2ccc(C(F)(F)F)c(Cl)c2)c1. The van der Waals surface area contributed by atoms with Gasteiger partial charge in [-0.05, 0) is 38.1 Å². The first-order chi connectivity index (χ1) is 12.2. The zero-order valence-corrected chi connectivity index (χ0v) is 15.0. The van der Waals surface area contributed by atoms with Crippen molar-refractivity contribution in [2.75, 3.05) is 18.4 Å². The minimum atomic E-state index is -4.52. The van der Waals surface area contributed by atoms with Crippen molar-refractivity contribution in [3.05, 3.63) is 53.1 Å². The van der Waals surface area contributed by atoms with E-state index < -0.39 is 16.8 Å². The second kappa shape index (κ2) is 8.31. The summed E-state index contributed by atoms with van der Waals surface area (Å²) in [4.78, 5) is 13.7. The van der Waals surface area contributed by atoms with Crippen LogP contribution in [0.1, 0.15) is 19.4 Å². The molecule has 0 aromatic heterocycles. The molecule has 0 fully saturated rings. The minimum Gasteiger partial charge on any atom is -0.457 e. The largest absolute Gasteiger partial charge is 0.457 e. The Morgan fingerprint density at radius 3 is 2.35 bits per heavy atom. The summed E-state index contributed by atoms with van der Waals surface area (Å²) < 4.78 is 43.8. The van der Waals surface area contributed by atoms with Crippen LogP contribution in [-0.2, 0) is 6.18 Å². The van der Waals surface area contributed by atoms with Gasteiger partial charge in [-0.3, -0.25) is 0 Å². The average Bonchev–Trinajstić information content (AvgIpc) is 2.55.